The lowest BCUT2D eigenvalue weighted by Gasteiger charge is -2.11. The van der Waals surface area contributed by atoms with E-state index in [1.165, 1.54) is 4.90 Å². The van der Waals surface area contributed by atoms with Gasteiger partial charge in [0.1, 0.15) is 5.75 Å². The lowest BCUT2D eigenvalue weighted by molar-refractivity contribution is -0.122. The minimum absolute atomic E-state index is 0.224. The Labute approximate surface area is 134 Å². The number of aryl methyl sites for hydroxylation is 1. The maximum atomic E-state index is 12.3. The lowest BCUT2D eigenvalue weighted by atomic mass is 10.1. The maximum Gasteiger partial charge on any atom is 0.293 e. The molecular weight excluding hydrogens is 302 g/mol. The van der Waals surface area contributed by atoms with Crippen molar-refractivity contribution in [2.45, 2.75) is 13.3 Å². The fourth-order valence-corrected chi connectivity index (χ4v) is 2.99. The molecule has 0 aromatic heterocycles. The first kappa shape index (κ1) is 16.6. The summed E-state index contributed by atoms with van der Waals surface area (Å²) >= 11 is 0.980. The highest BCUT2D eigenvalue weighted by Gasteiger charge is 2.34. The fraction of sp³-hybridized carbons (Fsp3) is 0.375. The molecule has 5 nitrogen and oxygen atoms in total. The molecule has 1 saturated heterocycles. The monoisotopic (exact) mass is 321 g/mol. The van der Waals surface area contributed by atoms with Crippen LogP contribution in [0.25, 0.3) is 6.08 Å². The molecule has 0 N–H and O–H groups in total. The summed E-state index contributed by atoms with van der Waals surface area (Å²) in [5.41, 5.74) is 1.90. The Morgan fingerprint density at radius 1 is 1.27 bits per heavy atom. The minimum atomic E-state index is -0.235. The van der Waals surface area contributed by atoms with E-state index in [9.17, 15) is 9.59 Å². The van der Waals surface area contributed by atoms with E-state index < -0.39 is 0 Å². The third kappa shape index (κ3) is 3.69. The zero-order valence-corrected chi connectivity index (χ0v) is 13.7. The first-order valence-corrected chi connectivity index (χ1v) is 7.77. The molecule has 118 valence electrons. The zero-order valence-electron chi connectivity index (χ0n) is 12.9. The van der Waals surface area contributed by atoms with Gasteiger partial charge in [-0.2, -0.15) is 0 Å². The average molecular weight is 321 g/mol. The van der Waals surface area contributed by atoms with Crippen molar-refractivity contribution < 1.29 is 19.1 Å². The second kappa shape index (κ2) is 7.47. The molecule has 0 atom stereocenters. The van der Waals surface area contributed by atoms with Crippen molar-refractivity contribution in [1.82, 2.24) is 4.90 Å². The zero-order chi connectivity index (χ0) is 16.1. The van der Waals surface area contributed by atoms with Crippen LogP contribution in [0.1, 0.15) is 17.5 Å². The Morgan fingerprint density at radius 3 is 2.68 bits per heavy atom. The average Bonchev–Trinajstić information content (AvgIpc) is 2.77. The van der Waals surface area contributed by atoms with E-state index in [-0.39, 0.29) is 11.1 Å². The number of benzene rings is 1. The van der Waals surface area contributed by atoms with Crippen LogP contribution < -0.4 is 4.74 Å². The minimum Gasteiger partial charge on any atom is -0.497 e. The van der Waals surface area contributed by atoms with Gasteiger partial charge in [0.15, 0.2) is 0 Å². The summed E-state index contributed by atoms with van der Waals surface area (Å²) in [5.74, 6) is 0.531. The molecule has 2 rings (SSSR count). The molecule has 6 heteroatoms. The normalized spacial score (nSPS) is 16.7. The summed E-state index contributed by atoms with van der Waals surface area (Å²) in [6.45, 7) is 2.85. The van der Waals surface area contributed by atoms with E-state index in [0.29, 0.717) is 24.5 Å². The quantitative estimate of drug-likeness (QED) is 0.595. The summed E-state index contributed by atoms with van der Waals surface area (Å²) in [5, 5.41) is -0.224. The SMILES string of the molecule is COCCCN1C(=O)S/C(=C/c2ccc(OC)cc2C)C1=O. The van der Waals surface area contributed by atoms with Gasteiger partial charge in [0.25, 0.3) is 11.1 Å². The van der Waals surface area contributed by atoms with Gasteiger partial charge in [-0.3, -0.25) is 14.5 Å². The molecule has 1 fully saturated rings. The second-order valence-electron chi connectivity index (χ2n) is 4.90. The topological polar surface area (TPSA) is 55.8 Å². The summed E-state index contributed by atoms with van der Waals surface area (Å²) in [4.78, 5) is 26.0. The Balaban J connectivity index is 2.16. The van der Waals surface area contributed by atoms with E-state index in [2.05, 4.69) is 0 Å². The molecule has 1 aliphatic heterocycles. The van der Waals surface area contributed by atoms with Gasteiger partial charge in [-0.15, -0.1) is 0 Å². The third-order valence-electron chi connectivity index (χ3n) is 3.37. The number of nitrogens with zero attached hydrogens (tertiary/aromatic N) is 1. The predicted molar refractivity (Wildman–Crippen MR) is 86.9 cm³/mol. The Kier molecular flexibility index (Phi) is 5.63. The van der Waals surface area contributed by atoms with E-state index in [1.807, 2.05) is 25.1 Å². The number of thioether (sulfide) groups is 1. The van der Waals surface area contributed by atoms with E-state index in [4.69, 9.17) is 9.47 Å². The molecule has 0 unspecified atom stereocenters. The van der Waals surface area contributed by atoms with Crippen LogP contribution in [0.2, 0.25) is 0 Å². The molecule has 1 aromatic carbocycles. The second-order valence-corrected chi connectivity index (χ2v) is 5.90. The highest BCUT2D eigenvalue weighted by molar-refractivity contribution is 8.18. The third-order valence-corrected chi connectivity index (χ3v) is 4.27. The van der Waals surface area contributed by atoms with Gasteiger partial charge in [-0.05, 0) is 54.4 Å². The summed E-state index contributed by atoms with van der Waals surface area (Å²) in [6, 6.07) is 5.61. The smallest absolute Gasteiger partial charge is 0.293 e. The molecule has 0 aliphatic carbocycles. The number of methoxy groups -OCH3 is 2. The number of carbonyl (C=O) groups is 2. The number of ether oxygens (including phenoxy) is 2. The van der Waals surface area contributed by atoms with Crippen molar-refractivity contribution in [1.29, 1.82) is 0 Å². The van der Waals surface area contributed by atoms with E-state index >= 15 is 0 Å². The number of hydrogen-bond donors (Lipinski definition) is 0. The fourth-order valence-electron chi connectivity index (χ4n) is 2.14. The predicted octanol–water partition coefficient (Wildman–Crippen LogP) is 3.08. The molecule has 22 heavy (non-hydrogen) atoms. The van der Waals surface area contributed by atoms with Crippen molar-refractivity contribution in [3.8, 4) is 5.75 Å². The van der Waals surface area contributed by atoms with Gasteiger partial charge in [-0.25, -0.2) is 0 Å². The van der Waals surface area contributed by atoms with Gasteiger partial charge in [-0.1, -0.05) is 6.07 Å². The van der Waals surface area contributed by atoms with Crippen molar-refractivity contribution in [2.75, 3.05) is 27.4 Å². The number of rotatable bonds is 6. The maximum absolute atomic E-state index is 12.3. The molecule has 1 heterocycles. The number of carbonyl (C=O) groups excluding carboxylic acids is 2. The Hall–Kier alpha value is -1.79. The van der Waals surface area contributed by atoms with E-state index in [1.54, 1.807) is 20.3 Å². The highest BCUT2D eigenvalue weighted by atomic mass is 32.2. The lowest BCUT2D eigenvalue weighted by Crippen LogP contribution is -2.29. The molecule has 1 aliphatic rings. The van der Waals surface area contributed by atoms with Crippen LogP contribution in [0.5, 0.6) is 5.75 Å². The first-order valence-electron chi connectivity index (χ1n) is 6.95. The van der Waals surface area contributed by atoms with Crippen LogP contribution in [-0.2, 0) is 9.53 Å². The molecule has 0 spiro atoms. The molecule has 2 amide bonds. The molecular formula is C16H19NO4S. The standard InChI is InChI=1S/C16H19NO4S/c1-11-9-13(21-3)6-5-12(11)10-14-15(18)17(16(19)22-14)7-4-8-20-2/h5-6,9-10H,4,7-8H2,1-3H3/b14-10+. The summed E-state index contributed by atoms with van der Waals surface area (Å²) in [6.07, 6.45) is 2.40. The van der Waals surface area contributed by atoms with Crippen LogP contribution in [0.4, 0.5) is 4.79 Å². The largest absolute Gasteiger partial charge is 0.497 e. The number of imide groups is 1. The van der Waals surface area contributed by atoms with E-state index in [0.717, 1.165) is 28.6 Å². The van der Waals surface area contributed by atoms with Crippen LogP contribution in [0, 0.1) is 6.92 Å². The van der Waals surface area contributed by atoms with Gasteiger partial charge >= 0.3 is 0 Å². The highest BCUT2D eigenvalue weighted by Crippen LogP contribution is 2.33. The van der Waals surface area contributed by atoms with Crippen molar-refractivity contribution >= 4 is 29.0 Å². The molecule has 1 aromatic rings. The van der Waals surface area contributed by atoms with Gasteiger partial charge < -0.3 is 9.47 Å². The van der Waals surface area contributed by atoms with Gasteiger partial charge in [0.2, 0.25) is 0 Å². The Morgan fingerprint density at radius 2 is 2.05 bits per heavy atom. The first-order chi connectivity index (χ1) is 10.6. The Bertz CT molecular complexity index is 612. The van der Waals surface area contributed by atoms with Crippen LogP contribution in [0.15, 0.2) is 23.1 Å². The molecule has 0 radical (unpaired) electrons. The summed E-state index contributed by atoms with van der Waals surface area (Å²) < 4.78 is 10.1. The number of hydrogen-bond acceptors (Lipinski definition) is 5. The van der Waals surface area contributed by atoms with Crippen LogP contribution in [-0.4, -0.2) is 43.4 Å². The molecule has 0 saturated carbocycles. The molecule has 0 bridgehead atoms. The van der Waals surface area contributed by atoms with Crippen LogP contribution >= 0.6 is 11.8 Å². The van der Waals surface area contributed by atoms with Crippen molar-refractivity contribution in [2.24, 2.45) is 0 Å². The van der Waals surface area contributed by atoms with Crippen molar-refractivity contribution in [3.63, 3.8) is 0 Å². The van der Waals surface area contributed by atoms with Crippen molar-refractivity contribution in [3.05, 3.63) is 34.2 Å². The van der Waals surface area contributed by atoms with Gasteiger partial charge in [0, 0.05) is 20.3 Å². The number of amides is 2. The summed E-state index contributed by atoms with van der Waals surface area (Å²) in [7, 11) is 3.21. The van der Waals surface area contributed by atoms with Gasteiger partial charge in [0.05, 0.1) is 12.0 Å². The van der Waals surface area contributed by atoms with Crippen LogP contribution in [0.3, 0.4) is 0 Å².